The van der Waals surface area contributed by atoms with Gasteiger partial charge in [0.1, 0.15) is 5.75 Å². The van der Waals surface area contributed by atoms with Crippen molar-refractivity contribution in [1.29, 1.82) is 0 Å². The maximum absolute atomic E-state index is 11.8. The fourth-order valence-corrected chi connectivity index (χ4v) is 2.71. The Balaban J connectivity index is 1.73. The Morgan fingerprint density at radius 3 is 2.73 bits per heavy atom. The number of nitrogens with one attached hydrogen (secondary N) is 1. The highest BCUT2D eigenvalue weighted by molar-refractivity contribution is 7.07. The van der Waals surface area contributed by atoms with Gasteiger partial charge in [-0.2, -0.15) is 11.3 Å². The zero-order valence-electron chi connectivity index (χ0n) is 12.2. The minimum atomic E-state index is -0.989. The van der Waals surface area contributed by atoms with Crippen LogP contribution in [0.15, 0.2) is 41.1 Å². The highest BCUT2D eigenvalue weighted by Gasteiger charge is 2.22. The third kappa shape index (κ3) is 5.67. The highest BCUT2D eigenvalue weighted by atomic mass is 35.5. The third-order valence-electron chi connectivity index (χ3n) is 3.02. The molecule has 0 aliphatic carbocycles. The summed E-state index contributed by atoms with van der Waals surface area (Å²) in [5.74, 6) is 0.296. The first-order valence-electron chi connectivity index (χ1n) is 6.83. The number of rotatable bonds is 7. The number of hydrogen-bond donors (Lipinski definition) is 2. The molecule has 0 saturated heterocycles. The van der Waals surface area contributed by atoms with E-state index in [0.717, 1.165) is 5.56 Å². The molecule has 1 amide bonds. The van der Waals surface area contributed by atoms with Crippen LogP contribution in [-0.4, -0.2) is 29.8 Å². The molecule has 0 aliphatic heterocycles. The number of hydrogen-bond acceptors (Lipinski definition) is 4. The first-order chi connectivity index (χ1) is 10.4. The van der Waals surface area contributed by atoms with E-state index in [0.29, 0.717) is 17.2 Å². The SMILES string of the molecule is CC(O)(CNC(=O)COc1ccc(Cl)cc1)Cc1ccsc1. The maximum Gasteiger partial charge on any atom is 0.258 e. The van der Waals surface area contributed by atoms with Crippen molar-refractivity contribution in [2.45, 2.75) is 18.9 Å². The predicted octanol–water partition coefficient (Wildman–Crippen LogP) is 2.89. The van der Waals surface area contributed by atoms with Gasteiger partial charge in [0.25, 0.3) is 5.91 Å². The molecule has 1 aromatic heterocycles. The van der Waals surface area contributed by atoms with Gasteiger partial charge in [-0.3, -0.25) is 4.79 Å². The van der Waals surface area contributed by atoms with Crippen LogP contribution in [0.25, 0.3) is 0 Å². The minimum Gasteiger partial charge on any atom is -0.484 e. The second-order valence-corrected chi connectivity index (χ2v) is 6.54. The molecule has 1 unspecified atom stereocenters. The lowest BCUT2D eigenvalue weighted by Gasteiger charge is -2.23. The van der Waals surface area contributed by atoms with Crippen molar-refractivity contribution in [2.24, 2.45) is 0 Å². The van der Waals surface area contributed by atoms with Gasteiger partial charge in [-0.15, -0.1) is 0 Å². The summed E-state index contributed by atoms with van der Waals surface area (Å²) >= 11 is 7.35. The van der Waals surface area contributed by atoms with Crippen LogP contribution in [0, 0.1) is 0 Å². The lowest BCUT2D eigenvalue weighted by atomic mass is 9.98. The molecule has 22 heavy (non-hydrogen) atoms. The van der Waals surface area contributed by atoms with Crippen LogP contribution in [0.5, 0.6) is 5.75 Å². The van der Waals surface area contributed by atoms with Crippen molar-refractivity contribution in [2.75, 3.05) is 13.2 Å². The molecule has 1 heterocycles. The molecule has 0 fully saturated rings. The Bertz CT molecular complexity index is 596. The summed E-state index contributed by atoms with van der Waals surface area (Å²) in [6.07, 6.45) is 0.495. The van der Waals surface area contributed by atoms with E-state index in [4.69, 9.17) is 16.3 Å². The van der Waals surface area contributed by atoms with Crippen molar-refractivity contribution in [1.82, 2.24) is 5.32 Å². The Labute approximate surface area is 138 Å². The molecule has 0 bridgehead atoms. The molecular formula is C16H18ClNO3S. The number of amides is 1. The molecule has 2 aromatic rings. The predicted molar refractivity (Wildman–Crippen MR) is 88.6 cm³/mol. The molecule has 1 aromatic carbocycles. The largest absolute Gasteiger partial charge is 0.484 e. The maximum atomic E-state index is 11.8. The molecular weight excluding hydrogens is 322 g/mol. The van der Waals surface area contributed by atoms with Gasteiger partial charge in [-0.05, 0) is 53.6 Å². The molecule has 2 rings (SSSR count). The second-order valence-electron chi connectivity index (χ2n) is 5.32. The zero-order chi connectivity index (χ0) is 16.0. The normalized spacial score (nSPS) is 13.4. The van der Waals surface area contributed by atoms with Crippen molar-refractivity contribution in [3.8, 4) is 5.75 Å². The van der Waals surface area contributed by atoms with Crippen LogP contribution >= 0.6 is 22.9 Å². The van der Waals surface area contributed by atoms with Crippen LogP contribution in [0.2, 0.25) is 5.02 Å². The summed E-state index contributed by atoms with van der Waals surface area (Å²) in [5, 5.41) is 17.5. The molecule has 2 N–H and O–H groups in total. The topological polar surface area (TPSA) is 58.6 Å². The number of halogens is 1. The van der Waals surface area contributed by atoms with E-state index >= 15 is 0 Å². The van der Waals surface area contributed by atoms with Crippen molar-refractivity contribution >= 4 is 28.8 Å². The molecule has 0 radical (unpaired) electrons. The van der Waals surface area contributed by atoms with Gasteiger partial charge in [-0.1, -0.05) is 11.6 Å². The van der Waals surface area contributed by atoms with Crippen molar-refractivity contribution in [3.05, 3.63) is 51.7 Å². The monoisotopic (exact) mass is 339 g/mol. The van der Waals surface area contributed by atoms with Gasteiger partial charge < -0.3 is 15.2 Å². The Morgan fingerprint density at radius 1 is 1.36 bits per heavy atom. The number of carbonyl (C=O) groups excluding carboxylic acids is 1. The van der Waals surface area contributed by atoms with Crippen LogP contribution in [0.1, 0.15) is 12.5 Å². The molecule has 0 spiro atoms. The van der Waals surface area contributed by atoms with E-state index in [1.54, 1.807) is 42.5 Å². The number of carbonyl (C=O) groups is 1. The van der Waals surface area contributed by atoms with Gasteiger partial charge in [0, 0.05) is 18.0 Å². The fourth-order valence-electron chi connectivity index (χ4n) is 1.92. The Hall–Kier alpha value is -1.56. The number of thiophene rings is 1. The third-order valence-corrected chi connectivity index (χ3v) is 4.00. The quantitative estimate of drug-likeness (QED) is 0.815. The molecule has 6 heteroatoms. The summed E-state index contributed by atoms with van der Waals surface area (Å²) in [5.41, 5.74) is 0.0680. The van der Waals surface area contributed by atoms with E-state index in [1.807, 2.05) is 16.8 Å². The molecule has 4 nitrogen and oxygen atoms in total. The van der Waals surface area contributed by atoms with Crippen LogP contribution in [0.4, 0.5) is 0 Å². The highest BCUT2D eigenvalue weighted by Crippen LogP contribution is 2.16. The summed E-state index contributed by atoms with van der Waals surface area (Å²) in [6.45, 7) is 1.77. The standard InChI is InChI=1S/C16H18ClNO3S/c1-16(20,8-12-6-7-22-10-12)11-18-15(19)9-21-14-4-2-13(17)3-5-14/h2-7,10,20H,8-9,11H2,1H3,(H,18,19). The Morgan fingerprint density at radius 2 is 2.09 bits per heavy atom. The van der Waals surface area contributed by atoms with E-state index in [1.165, 1.54) is 0 Å². The summed E-state index contributed by atoms with van der Waals surface area (Å²) < 4.78 is 5.34. The minimum absolute atomic E-state index is 0.101. The number of aliphatic hydroxyl groups is 1. The summed E-state index contributed by atoms with van der Waals surface area (Å²) in [6, 6.07) is 8.75. The van der Waals surface area contributed by atoms with Crippen molar-refractivity contribution < 1.29 is 14.6 Å². The Kier molecular flexibility index (Phi) is 5.83. The first-order valence-corrected chi connectivity index (χ1v) is 8.15. The summed E-state index contributed by atoms with van der Waals surface area (Å²) in [7, 11) is 0. The molecule has 118 valence electrons. The lowest BCUT2D eigenvalue weighted by Crippen LogP contribution is -2.43. The first kappa shape index (κ1) is 16.8. The van der Waals surface area contributed by atoms with E-state index < -0.39 is 5.60 Å². The van der Waals surface area contributed by atoms with E-state index in [-0.39, 0.29) is 19.1 Å². The summed E-state index contributed by atoms with van der Waals surface area (Å²) in [4.78, 5) is 11.8. The smallest absolute Gasteiger partial charge is 0.258 e. The lowest BCUT2D eigenvalue weighted by molar-refractivity contribution is -0.124. The van der Waals surface area contributed by atoms with E-state index in [2.05, 4.69) is 5.32 Å². The molecule has 0 aliphatic rings. The second kappa shape index (κ2) is 7.63. The van der Waals surface area contributed by atoms with E-state index in [9.17, 15) is 9.90 Å². The average Bonchev–Trinajstić information content (AvgIpc) is 2.97. The number of benzene rings is 1. The van der Waals surface area contributed by atoms with Gasteiger partial charge in [0.05, 0.1) is 5.60 Å². The van der Waals surface area contributed by atoms with Gasteiger partial charge in [0.2, 0.25) is 0 Å². The van der Waals surface area contributed by atoms with Crippen LogP contribution in [-0.2, 0) is 11.2 Å². The average molecular weight is 340 g/mol. The van der Waals surface area contributed by atoms with Crippen LogP contribution < -0.4 is 10.1 Å². The van der Waals surface area contributed by atoms with Crippen LogP contribution in [0.3, 0.4) is 0 Å². The van der Waals surface area contributed by atoms with Crippen molar-refractivity contribution in [3.63, 3.8) is 0 Å². The number of ether oxygens (including phenoxy) is 1. The van der Waals surface area contributed by atoms with Gasteiger partial charge in [0.15, 0.2) is 6.61 Å². The molecule has 0 saturated carbocycles. The van der Waals surface area contributed by atoms with Gasteiger partial charge in [-0.25, -0.2) is 0 Å². The van der Waals surface area contributed by atoms with Gasteiger partial charge >= 0.3 is 0 Å². The fraction of sp³-hybridized carbons (Fsp3) is 0.312. The zero-order valence-corrected chi connectivity index (χ0v) is 13.8. The molecule has 1 atom stereocenters.